The molecule has 0 bridgehead atoms. The van der Waals surface area contributed by atoms with Gasteiger partial charge in [-0.15, -0.1) is 0 Å². The Balaban J connectivity index is 2.11. The van der Waals surface area contributed by atoms with Crippen LogP contribution in [0.2, 0.25) is 0 Å². The number of rotatable bonds is 1. The van der Waals surface area contributed by atoms with E-state index in [-0.39, 0.29) is 16.3 Å². The molecule has 3 rings (SSSR count). The fourth-order valence-corrected chi connectivity index (χ4v) is 2.21. The van der Waals surface area contributed by atoms with Gasteiger partial charge in [0.25, 0.3) is 5.56 Å². The third-order valence-electron chi connectivity index (χ3n) is 2.89. The fourth-order valence-electron chi connectivity index (χ4n) is 2.02. The molecule has 2 N–H and O–H groups in total. The maximum atomic E-state index is 11.6. The van der Waals surface area contributed by atoms with E-state index in [0.29, 0.717) is 12.4 Å². The maximum absolute atomic E-state index is 11.6. The fraction of sp³-hybridized carbons (Fsp3) is 0.167. The molecule has 0 saturated carbocycles. The van der Waals surface area contributed by atoms with Crippen molar-refractivity contribution in [2.24, 2.45) is 0 Å². The van der Waals surface area contributed by atoms with Gasteiger partial charge in [-0.2, -0.15) is 4.98 Å². The van der Waals surface area contributed by atoms with Gasteiger partial charge in [-0.3, -0.25) is 4.79 Å². The van der Waals surface area contributed by atoms with E-state index in [0.717, 1.165) is 11.3 Å². The highest BCUT2D eigenvalue weighted by molar-refractivity contribution is 9.10. The molecule has 1 aromatic carbocycles. The molecule has 0 aliphatic carbocycles. The zero-order chi connectivity index (χ0) is 12.7. The summed E-state index contributed by atoms with van der Waals surface area (Å²) in [5, 5.41) is 9.57. The van der Waals surface area contributed by atoms with Gasteiger partial charge in [-0.1, -0.05) is 18.2 Å². The molecule has 0 radical (unpaired) electrons. The second-order valence-corrected chi connectivity index (χ2v) is 4.78. The second kappa shape index (κ2) is 4.13. The molecular weight excluding hydrogens is 300 g/mol. The molecule has 1 unspecified atom stereocenters. The molecule has 0 amide bonds. The third kappa shape index (κ3) is 1.69. The van der Waals surface area contributed by atoms with Crippen molar-refractivity contribution in [2.45, 2.75) is 5.92 Å². The Morgan fingerprint density at radius 1 is 1.44 bits per heavy atom. The van der Waals surface area contributed by atoms with E-state index in [1.807, 2.05) is 24.3 Å². The van der Waals surface area contributed by atoms with Crippen LogP contribution in [0.3, 0.4) is 0 Å². The number of aromatic hydroxyl groups is 1. The topological polar surface area (TPSA) is 75.2 Å². The molecule has 1 aliphatic rings. The predicted octanol–water partition coefficient (Wildman–Crippen LogP) is 1.76. The van der Waals surface area contributed by atoms with Crippen LogP contribution < -0.4 is 10.3 Å². The second-order valence-electron chi connectivity index (χ2n) is 3.99. The first-order valence-electron chi connectivity index (χ1n) is 5.37. The van der Waals surface area contributed by atoms with Gasteiger partial charge in [0.15, 0.2) is 0 Å². The van der Waals surface area contributed by atoms with Crippen LogP contribution in [0.25, 0.3) is 0 Å². The molecule has 92 valence electrons. The molecule has 1 aromatic heterocycles. The Kier molecular flexibility index (Phi) is 2.59. The SMILES string of the molecule is O=c1[nH]c(C2COc3ccccc32)nc(O)c1Br. The average Bonchev–Trinajstić information content (AvgIpc) is 2.79. The maximum Gasteiger partial charge on any atom is 0.269 e. The Morgan fingerprint density at radius 3 is 3.00 bits per heavy atom. The van der Waals surface area contributed by atoms with Gasteiger partial charge in [0, 0.05) is 5.56 Å². The number of ether oxygens (including phenoxy) is 1. The van der Waals surface area contributed by atoms with Crippen molar-refractivity contribution >= 4 is 15.9 Å². The number of hydrogen-bond acceptors (Lipinski definition) is 4. The van der Waals surface area contributed by atoms with Crippen LogP contribution in [-0.4, -0.2) is 21.7 Å². The van der Waals surface area contributed by atoms with Crippen LogP contribution >= 0.6 is 15.9 Å². The normalized spacial score (nSPS) is 17.3. The summed E-state index contributed by atoms with van der Waals surface area (Å²) in [5.41, 5.74) is 0.559. The minimum Gasteiger partial charge on any atom is -0.492 e. The van der Waals surface area contributed by atoms with Gasteiger partial charge < -0.3 is 14.8 Å². The molecule has 5 nitrogen and oxygen atoms in total. The van der Waals surface area contributed by atoms with Crippen LogP contribution in [-0.2, 0) is 0 Å². The predicted molar refractivity (Wildman–Crippen MR) is 68.0 cm³/mol. The summed E-state index contributed by atoms with van der Waals surface area (Å²) in [7, 11) is 0. The highest BCUT2D eigenvalue weighted by atomic mass is 79.9. The van der Waals surface area contributed by atoms with Gasteiger partial charge in [0.05, 0.1) is 5.92 Å². The van der Waals surface area contributed by atoms with Crippen molar-refractivity contribution in [1.29, 1.82) is 0 Å². The van der Waals surface area contributed by atoms with Crippen molar-refractivity contribution in [2.75, 3.05) is 6.61 Å². The number of aromatic amines is 1. The van der Waals surface area contributed by atoms with E-state index >= 15 is 0 Å². The molecule has 2 aromatic rings. The lowest BCUT2D eigenvalue weighted by Gasteiger charge is -2.08. The molecule has 18 heavy (non-hydrogen) atoms. The van der Waals surface area contributed by atoms with Crippen LogP contribution in [0.1, 0.15) is 17.3 Å². The van der Waals surface area contributed by atoms with E-state index in [2.05, 4.69) is 25.9 Å². The highest BCUT2D eigenvalue weighted by Crippen LogP contribution is 2.36. The van der Waals surface area contributed by atoms with Crippen molar-refractivity contribution < 1.29 is 9.84 Å². The first-order valence-corrected chi connectivity index (χ1v) is 6.16. The van der Waals surface area contributed by atoms with Gasteiger partial charge in [0.1, 0.15) is 22.7 Å². The lowest BCUT2D eigenvalue weighted by Crippen LogP contribution is -2.16. The van der Waals surface area contributed by atoms with Crippen molar-refractivity contribution in [3.8, 4) is 11.6 Å². The quantitative estimate of drug-likeness (QED) is 0.842. The zero-order valence-electron chi connectivity index (χ0n) is 9.18. The van der Waals surface area contributed by atoms with E-state index in [9.17, 15) is 9.90 Å². The molecule has 2 heterocycles. The summed E-state index contributed by atoms with van der Waals surface area (Å²) in [5.74, 6) is 0.726. The summed E-state index contributed by atoms with van der Waals surface area (Å²) in [6.45, 7) is 0.406. The summed E-state index contributed by atoms with van der Waals surface area (Å²) >= 11 is 2.97. The first kappa shape index (κ1) is 11.3. The number of benzene rings is 1. The molecular formula is C12H9BrN2O3. The summed E-state index contributed by atoms with van der Waals surface area (Å²) in [6.07, 6.45) is 0. The van der Waals surface area contributed by atoms with E-state index in [4.69, 9.17) is 4.74 Å². The smallest absolute Gasteiger partial charge is 0.269 e. The number of hydrogen-bond donors (Lipinski definition) is 2. The largest absolute Gasteiger partial charge is 0.492 e. The van der Waals surface area contributed by atoms with E-state index in [1.54, 1.807) is 0 Å². The number of nitrogens with one attached hydrogen (secondary N) is 1. The standard InChI is InChI=1S/C12H9BrN2O3/c13-9-11(16)14-10(15-12(9)17)7-5-18-8-4-2-1-3-6(7)8/h1-4,7H,5H2,(H2,14,15,16,17). The molecule has 0 fully saturated rings. The number of halogens is 1. The Bertz CT molecular complexity index is 669. The lowest BCUT2D eigenvalue weighted by atomic mass is 10.0. The number of aromatic nitrogens is 2. The van der Waals surface area contributed by atoms with E-state index in [1.165, 1.54) is 0 Å². The number of para-hydroxylation sites is 1. The summed E-state index contributed by atoms with van der Waals surface area (Å²) < 4.78 is 5.56. The van der Waals surface area contributed by atoms with Crippen LogP contribution in [0.5, 0.6) is 11.6 Å². The third-order valence-corrected chi connectivity index (χ3v) is 3.61. The first-order chi connectivity index (χ1) is 8.66. The zero-order valence-corrected chi connectivity index (χ0v) is 10.8. The summed E-state index contributed by atoms with van der Waals surface area (Å²) in [6, 6.07) is 7.58. The Labute approximate surface area is 111 Å². The number of nitrogens with zero attached hydrogens (tertiary/aromatic N) is 1. The monoisotopic (exact) mass is 308 g/mol. The minimum absolute atomic E-state index is 0.0402. The van der Waals surface area contributed by atoms with Crippen molar-refractivity contribution in [3.63, 3.8) is 0 Å². The Hall–Kier alpha value is -1.82. The van der Waals surface area contributed by atoms with Gasteiger partial charge in [0.2, 0.25) is 5.88 Å². The highest BCUT2D eigenvalue weighted by Gasteiger charge is 2.28. The lowest BCUT2D eigenvalue weighted by molar-refractivity contribution is 0.338. The van der Waals surface area contributed by atoms with Gasteiger partial charge in [-0.05, 0) is 22.0 Å². The molecule has 6 heteroatoms. The molecule has 0 spiro atoms. The number of fused-ring (bicyclic) bond motifs is 1. The van der Waals surface area contributed by atoms with Crippen LogP contribution in [0.15, 0.2) is 33.5 Å². The van der Waals surface area contributed by atoms with E-state index < -0.39 is 5.56 Å². The Morgan fingerprint density at radius 2 is 2.22 bits per heavy atom. The molecule has 0 saturated heterocycles. The van der Waals surface area contributed by atoms with Crippen LogP contribution in [0, 0.1) is 0 Å². The van der Waals surface area contributed by atoms with Gasteiger partial charge in [-0.25, -0.2) is 0 Å². The average molecular weight is 309 g/mol. The molecule has 1 aliphatic heterocycles. The van der Waals surface area contributed by atoms with Crippen molar-refractivity contribution in [1.82, 2.24) is 9.97 Å². The minimum atomic E-state index is -0.401. The van der Waals surface area contributed by atoms with Crippen molar-refractivity contribution in [3.05, 3.63) is 50.5 Å². The molecule has 1 atom stereocenters. The van der Waals surface area contributed by atoms with Crippen LogP contribution in [0.4, 0.5) is 0 Å². The number of H-pyrrole nitrogens is 1. The summed E-state index contributed by atoms with van der Waals surface area (Å²) in [4.78, 5) is 18.2. The van der Waals surface area contributed by atoms with Gasteiger partial charge >= 0.3 is 0 Å².